The minimum atomic E-state index is -1.01. The number of fused-ring (bicyclic) bond motifs is 1. The number of rotatable bonds is 6. The van der Waals surface area contributed by atoms with Crippen LogP contribution >= 0.6 is 0 Å². The Bertz CT molecular complexity index is 1440. The fourth-order valence-electron chi connectivity index (χ4n) is 4.45. The zero-order valence-electron chi connectivity index (χ0n) is 18.7. The van der Waals surface area contributed by atoms with Gasteiger partial charge in [-0.3, -0.25) is 9.13 Å². The number of hydrogen-bond donors (Lipinski definition) is 2. The molecule has 1 aromatic heterocycles. The third-order valence-electron chi connectivity index (χ3n) is 5.97. The van der Waals surface area contributed by atoms with E-state index in [2.05, 4.69) is 12.6 Å². The number of carboxylic acids is 1. The quantitative estimate of drug-likeness (QED) is 0.334. The van der Waals surface area contributed by atoms with E-state index in [-0.39, 0.29) is 23.8 Å². The highest BCUT2D eigenvalue weighted by Crippen LogP contribution is 2.24. The molecule has 168 valence electrons. The number of aromatic nitrogens is 2. The Morgan fingerprint density at radius 3 is 2.42 bits per heavy atom. The first kappa shape index (κ1) is 22.6. The van der Waals surface area contributed by atoms with E-state index in [0.29, 0.717) is 5.71 Å². The molecule has 2 N–H and O–H groups in total. The number of nitrogens with one attached hydrogen (secondary N) is 1. The molecular weight excluding hydrogens is 434 g/mol. The number of benzene rings is 3. The number of imidazole rings is 1. The topological polar surface area (TPSA) is 88.1 Å². The lowest BCUT2D eigenvalue weighted by Gasteiger charge is -2.15. The van der Waals surface area contributed by atoms with Gasteiger partial charge in [0, 0.05) is 0 Å². The second kappa shape index (κ2) is 8.75. The molecule has 33 heavy (non-hydrogen) atoms. The van der Waals surface area contributed by atoms with Crippen molar-refractivity contribution in [2.24, 2.45) is 0 Å². The van der Waals surface area contributed by atoms with Gasteiger partial charge in [-0.1, -0.05) is 30.3 Å². The summed E-state index contributed by atoms with van der Waals surface area (Å²) in [5.74, 6) is -1.01. The van der Waals surface area contributed by atoms with Crippen molar-refractivity contribution in [1.29, 1.82) is 5.41 Å². The first-order valence-electron chi connectivity index (χ1n) is 10.6. The largest absolute Gasteiger partial charge is 0.478 e. The summed E-state index contributed by atoms with van der Waals surface area (Å²) in [6, 6.07) is 17.7. The third kappa shape index (κ3) is 4.12. The van der Waals surface area contributed by atoms with Crippen LogP contribution in [0.5, 0.6) is 0 Å². The van der Waals surface area contributed by atoms with Gasteiger partial charge in [0.25, 0.3) is 0 Å². The lowest BCUT2D eigenvalue weighted by molar-refractivity contribution is 0.0696. The molecular formula is C26H26N3O3S+. The number of aromatic carboxylic acids is 1. The summed E-state index contributed by atoms with van der Waals surface area (Å²) in [6.07, 6.45) is 0. The van der Waals surface area contributed by atoms with Gasteiger partial charge in [0.2, 0.25) is 0 Å². The van der Waals surface area contributed by atoms with Gasteiger partial charge in [-0.2, -0.15) is 0 Å². The van der Waals surface area contributed by atoms with Gasteiger partial charge >= 0.3 is 11.7 Å². The zero-order valence-corrected chi connectivity index (χ0v) is 19.7. The Balaban J connectivity index is 1.82. The smallest absolute Gasteiger partial charge is 0.335 e. The molecule has 7 heteroatoms. The van der Waals surface area contributed by atoms with E-state index >= 15 is 0 Å². The van der Waals surface area contributed by atoms with Gasteiger partial charge in [0.1, 0.15) is 0 Å². The molecule has 1 unspecified atom stereocenters. The Hall–Kier alpha value is -3.58. The number of carboxylic acid groups (broad SMARTS) is 1. The maximum Gasteiger partial charge on any atom is 0.335 e. The third-order valence-corrected chi connectivity index (χ3v) is 6.36. The maximum absolute atomic E-state index is 13.6. The minimum Gasteiger partial charge on any atom is -0.478 e. The van der Waals surface area contributed by atoms with Gasteiger partial charge in [-0.25, -0.2) is 9.59 Å². The molecule has 0 aliphatic heterocycles. The van der Waals surface area contributed by atoms with E-state index in [9.17, 15) is 14.7 Å². The Labute approximate surface area is 197 Å². The van der Waals surface area contributed by atoms with Gasteiger partial charge < -0.3 is 10.5 Å². The zero-order chi connectivity index (χ0) is 23.9. The second-order valence-electron chi connectivity index (χ2n) is 8.32. The summed E-state index contributed by atoms with van der Waals surface area (Å²) in [7, 11) is 0. The fourth-order valence-corrected chi connectivity index (χ4v) is 5.02. The van der Waals surface area contributed by atoms with Gasteiger partial charge in [-0.05, 0) is 80.4 Å². The lowest BCUT2D eigenvalue weighted by atomic mass is 10.0. The van der Waals surface area contributed by atoms with E-state index < -0.39 is 5.97 Å². The van der Waals surface area contributed by atoms with Crippen LogP contribution in [0.2, 0.25) is 0 Å². The molecule has 0 spiro atoms. The van der Waals surface area contributed by atoms with Gasteiger partial charge in [-0.15, -0.1) is 0 Å². The van der Waals surface area contributed by atoms with Crippen LogP contribution in [-0.2, 0) is 19.2 Å². The second-order valence-corrected chi connectivity index (χ2v) is 8.86. The van der Waals surface area contributed by atoms with Crippen LogP contribution in [0.15, 0.2) is 70.4 Å². The van der Waals surface area contributed by atoms with Crippen LogP contribution in [0.3, 0.4) is 0 Å². The Morgan fingerprint density at radius 1 is 1.06 bits per heavy atom. The highest BCUT2D eigenvalue weighted by atomic mass is 32.1. The molecule has 0 saturated carbocycles. The van der Waals surface area contributed by atoms with E-state index in [1.54, 1.807) is 21.3 Å². The number of para-hydroxylation sites is 2. The van der Waals surface area contributed by atoms with Crippen molar-refractivity contribution in [2.45, 2.75) is 38.3 Å². The molecule has 6 nitrogen and oxygen atoms in total. The molecule has 1 atom stereocenters. The van der Waals surface area contributed by atoms with Gasteiger partial charge in [0.05, 0.1) is 40.5 Å². The predicted octanol–water partition coefficient (Wildman–Crippen LogP) is 4.17. The summed E-state index contributed by atoms with van der Waals surface area (Å²) < 4.78 is 3.28. The highest BCUT2D eigenvalue weighted by Gasteiger charge is 2.22. The fraction of sp³-hybridized carbons (Fsp3) is 0.192. The number of hydrogen-bond acceptors (Lipinski definition) is 3. The molecule has 0 saturated heterocycles. The van der Waals surface area contributed by atoms with Crippen molar-refractivity contribution in [1.82, 2.24) is 9.13 Å². The van der Waals surface area contributed by atoms with Crippen LogP contribution in [0.4, 0.5) is 0 Å². The molecule has 1 heterocycles. The summed E-state index contributed by atoms with van der Waals surface area (Å²) in [5, 5.41) is 18.1. The molecule has 4 rings (SSSR count). The van der Waals surface area contributed by atoms with E-state index in [0.717, 1.165) is 38.2 Å². The average Bonchev–Trinajstić information content (AvgIpc) is 3.04. The number of carbonyl (C=O) groups is 1. The van der Waals surface area contributed by atoms with Crippen LogP contribution in [0.1, 0.15) is 45.6 Å². The average molecular weight is 461 g/mol. The molecule has 4 aromatic rings. The molecule has 0 radical (unpaired) electrons. The maximum atomic E-state index is 13.6. The SMILES string of the molecule is Cc1cc(C)c(C(=N)Cn2c(=O)n(C(C)c3cccc(C(=O)O)c3)c3ccccc32)c([SH2+])c1. The first-order valence-corrected chi connectivity index (χ1v) is 11.1. The van der Waals surface area contributed by atoms with E-state index in [4.69, 9.17) is 5.41 Å². The molecule has 3 aromatic carbocycles. The van der Waals surface area contributed by atoms with E-state index in [1.165, 1.54) is 6.07 Å². The van der Waals surface area contributed by atoms with Crippen molar-refractivity contribution in [3.05, 3.63) is 99.0 Å². The van der Waals surface area contributed by atoms with Gasteiger partial charge in [0.15, 0.2) is 4.90 Å². The standard InChI is InChI=1S/C26H25N3O3S/c1-15-11-16(2)24(23(33)12-15)20(27)14-28-21-9-4-5-10-22(21)29(26(28)32)17(3)18-7-6-8-19(13-18)25(30)31/h4-13,17,27,33H,14H2,1-3H3,(H,30,31)/p+1. The highest BCUT2D eigenvalue weighted by molar-refractivity contribution is 7.58. The van der Waals surface area contributed by atoms with Crippen LogP contribution in [0, 0.1) is 19.3 Å². The Morgan fingerprint density at radius 2 is 1.76 bits per heavy atom. The van der Waals surface area contributed by atoms with Crippen molar-refractivity contribution in [2.75, 3.05) is 0 Å². The van der Waals surface area contributed by atoms with Crippen molar-refractivity contribution >= 4 is 35.3 Å². The van der Waals surface area contributed by atoms with Crippen molar-refractivity contribution in [3.63, 3.8) is 0 Å². The van der Waals surface area contributed by atoms with Crippen molar-refractivity contribution in [3.8, 4) is 0 Å². The van der Waals surface area contributed by atoms with Crippen LogP contribution < -0.4 is 5.69 Å². The molecule has 0 bridgehead atoms. The molecule has 0 fully saturated rings. The van der Waals surface area contributed by atoms with E-state index in [1.807, 2.05) is 63.2 Å². The van der Waals surface area contributed by atoms with Crippen LogP contribution in [-0.4, -0.2) is 25.9 Å². The number of nitrogens with zero attached hydrogens (tertiary/aromatic N) is 2. The predicted molar refractivity (Wildman–Crippen MR) is 135 cm³/mol. The summed E-state index contributed by atoms with van der Waals surface area (Å²) >= 11 is 3.63. The summed E-state index contributed by atoms with van der Waals surface area (Å²) in [4.78, 5) is 25.9. The summed E-state index contributed by atoms with van der Waals surface area (Å²) in [5.41, 5.74) is 5.32. The lowest BCUT2D eigenvalue weighted by Crippen LogP contribution is -2.29. The first-order chi connectivity index (χ1) is 15.7. The minimum absolute atomic E-state index is 0.121. The molecule has 0 aliphatic rings. The number of aryl methyl sites for hydroxylation is 2. The summed E-state index contributed by atoms with van der Waals surface area (Å²) in [6.45, 7) is 5.97. The Kier molecular flexibility index (Phi) is 5.99. The van der Waals surface area contributed by atoms with Crippen molar-refractivity contribution < 1.29 is 9.90 Å². The van der Waals surface area contributed by atoms with Crippen LogP contribution in [0.25, 0.3) is 11.0 Å². The monoisotopic (exact) mass is 460 g/mol. The normalized spacial score (nSPS) is 12.1. The molecule has 0 amide bonds. The molecule has 0 aliphatic carbocycles.